The highest BCUT2D eigenvalue weighted by atomic mass is 28.4. The van der Waals surface area contributed by atoms with E-state index in [1.165, 1.54) is 10.4 Å². The van der Waals surface area contributed by atoms with Crippen molar-refractivity contribution in [3.8, 4) is 0 Å². The van der Waals surface area contributed by atoms with Crippen molar-refractivity contribution in [2.45, 2.75) is 32.4 Å². The maximum absolute atomic E-state index is 12.0. The number of carbonyl (C=O) groups excluding carboxylic acids is 2. The average molecular weight is 518 g/mol. The molecule has 0 saturated heterocycles. The van der Waals surface area contributed by atoms with E-state index in [0.29, 0.717) is 6.61 Å². The van der Waals surface area contributed by atoms with Crippen LogP contribution in [-0.4, -0.2) is 40.1 Å². The molecule has 0 unspecified atom stereocenters. The molecule has 3 rings (SSSR count). The fraction of sp³-hybridized carbons (Fsp3) is 0.267. The second-order valence-corrected chi connectivity index (χ2v) is 13.8. The van der Waals surface area contributed by atoms with Gasteiger partial charge in [-0.1, -0.05) is 118 Å². The Hall–Kier alpha value is -3.68. The summed E-state index contributed by atoms with van der Waals surface area (Å²) in [6.07, 6.45) is 2.95. The number of alkyl carbamates (subject to hydrolysis) is 1. The number of amides is 1. The fourth-order valence-electron chi connectivity index (χ4n) is 4.18. The highest BCUT2D eigenvalue weighted by molar-refractivity contribution is 6.99. The SMILES string of the molecule is CC(C)(C)[Si](OC/C=C\COC(=O)CNC(=O)OCc1ccccc1)(c1ccccc1)c1ccccc1. The first-order valence-electron chi connectivity index (χ1n) is 12.3. The molecule has 0 aromatic heterocycles. The van der Waals surface area contributed by atoms with E-state index in [-0.39, 0.29) is 24.8 Å². The number of rotatable bonds is 11. The second-order valence-electron chi connectivity index (χ2n) is 9.54. The van der Waals surface area contributed by atoms with Crippen molar-refractivity contribution >= 4 is 30.8 Å². The monoisotopic (exact) mass is 517 g/mol. The molecule has 194 valence electrons. The maximum Gasteiger partial charge on any atom is 0.407 e. The number of hydrogen-bond donors (Lipinski definition) is 1. The summed E-state index contributed by atoms with van der Waals surface area (Å²) in [7, 11) is -2.61. The zero-order valence-electron chi connectivity index (χ0n) is 21.7. The zero-order chi connectivity index (χ0) is 26.6. The van der Waals surface area contributed by atoms with Crippen molar-refractivity contribution in [1.29, 1.82) is 0 Å². The number of esters is 1. The Morgan fingerprint density at radius 1 is 0.757 bits per heavy atom. The van der Waals surface area contributed by atoms with Crippen molar-refractivity contribution in [3.63, 3.8) is 0 Å². The summed E-state index contributed by atoms with van der Waals surface area (Å²) >= 11 is 0. The molecule has 0 atom stereocenters. The fourth-order valence-corrected chi connectivity index (χ4v) is 8.68. The molecule has 1 amide bonds. The van der Waals surface area contributed by atoms with Crippen LogP contribution in [0.4, 0.5) is 4.79 Å². The molecule has 0 aliphatic rings. The average Bonchev–Trinajstić information content (AvgIpc) is 2.91. The van der Waals surface area contributed by atoms with Gasteiger partial charge in [0, 0.05) is 0 Å². The lowest BCUT2D eigenvalue weighted by Crippen LogP contribution is -2.66. The van der Waals surface area contributed by atoms with Crippen LogP contribution >= 0.6 is 0 Å². The molecular weight excluding hydrogens is 482 g/mol. The summed E-state index contributed by atoms with van der Waals surface area (Å²) in [6.45, 7) is 7.02. The van der Waals surface area contributed by atoms with Crippen LogP contribution in [0.15, 0.2) is 103 Å². The van der Waals surface area contributed by atoms with Gasteiger partial charge in [0.25, 0.3) is 8.32 Å². The Bertz CT molecular complexity index is 1110. The Morgan fingerprint density at radius 2 is 1.27 bits per heavy atom. The first kappa shape index (κ1) is 27.9. The first-order chi connectivity index (χ1) is 17.8. The molecule has 0 saturated carbocycles. The molecule has 0 fully saturated rings. The zero-order valence-corrected chi connectivity index (χ0v) is 22.7. The number of ether oxygens (including phenoxy) is 2. The summed E-state index contributed by atoms with van der Waals surface area (Å²) in [4.78, 5) is 23.7. The minimum atomic E-state index is -2.61. The molecule has 0 bridgehead atoms. The minimum Gasteiger partial charge on any atom is -0.460 e. The van der Waals surface area contributed by atoms with Gasteiger partial charge in [-0.05, 0) is 27.1 Å². The van der Waals surface area contributed by atoms with E-state index in [1.807, 2.05) is 48.5 Å². The second kappa shape index (κ2) is 13.6. The normalized spacial score (nSPS) is 11.8. The van der Waals surface area contributed by atoms with E-state index in [1.54, 1.807) is 6.08 Å². The van der Waals surface area contributed by atoms with Crippen LogP contribution in [-0.2, 0) is 25.3 Å². The first-order valence-corrected chi connectivity index (χ1v) is 14.2. The molecular formula is C30H35NO5Si. The third-order valence-electron chi connectivity index (χ3n) is 5.91. The molecule has 37 heavy (non-hydrogen) atoms. The summed E-state index contributed by atoms with van der Waals surface area (Å²) < 4.78 is 17.0. The lowest BCUT2D eigenvalue weighted by atomic mass is 10.2. The van der Waals surface area contributed by atoms with Gasteiger partial charge in [-0.15, -0.1) is 0 Å². The van der Waals surface area contributed by atoms with Crippen LogP contribution < -0.4 is 15.7 Å². The quantitative estimate of drug-likeness (QED) is 0.229. The Balaban J connectivity index is 1.50. The van der Waals surface area contributed by atoms with Gasteiger partial charge in [0.2, 0.25) is 0 Å². The molecule has 6 nitrogen and oxygen atoms in total. The third-order valence-corrected chi connectivity index (χ3v) is 10.9. The molecule has 0 spiro atoms. The van der Waals surface area contributed by atoms with Gasteiger partial charge in [0.15, 0.2) is 0 Å². The van der Waals surface area contributed by atoms with Crippen molar-refractivity contribution in [2.75, 3.05) is 19.8 Å². The molecule has 0 heterocycles. The highest BCUT2D eigenvalue weighted by Crippen LogP contribution is 2.36. The number of hydrogen-bond acceptors (Lipinski definition) is 5. The van der Waals surface area contributed by atoms with Crippen molar-refractivity contribution in [3.05, 3.63) is 109 Å². The van der Waals surface area contributed by atoms with E-state index in [4.69, 9.17) is 13.9 Å². The Kier molecular flexibility index (Phi) is 10.2. The molecule has 0 aliphatic heterocycles. The van der Waals surface area contributed by atoms with E-state index >= 15 is 0 Å². The van der Waals surface area contributed by atoms with E-state index in [0.717, 1.165) is 5.56 Å². The van der Waals surface area contributed by atoms with Crippen LogP contribution in [0.1, 0.15) is 26.3 Å². The topological polar surface area (TPSA) is 73.9 Å². The predicted octanol–water partition coefficient (Wildman–Crippen LogP) is 4.59. The number of carbonyl (C=O) groups is 2. The lowest BCUT2D eigenvalue weighted by molar-refractivity contribution is -0.141. The van der Waals surface area contributed by atoms with Crippen molar-refractivity contribution < 1.29 is 23.5 Å². The van der Waals surface area contributed by atoms with Crippen LogP contribution in [0, 0.1) is 0 Å². The molecule has 7 heteroatoms. The minimum absolute atomic E-state index is 0.0870. The van der Waals surface area contributed by atoms with Crippen LogP contribution in [0.2, 0.25) is 5.04 Å². The van der Waals surface area contributed by atoms with Gasteiger partial charge in [0.05, 0.1) is 6.61 Å². The smallest absolute Gasteiger partial charge is 0.407 e. The molecule has 0 aliphatic carbocycles. The van der Waals surface area contributed by atoms with Gasteiger partial charge >= 0.3 is 12.1 Å². The van der Waals surface area contributed by atoms with Gasteiger partial charge < -0.3 is 19.2 Å². The largest absolute Gasteiger partial charge is 0.460 e. The Morgan fingerprint density at radius 3 is 1.81 bits per heavy atom. The van der Waals surface area contributed by atoms with E-state index < -0.39 is 20.4 Å². The standard InChI is InChI=1S/C30H35NO5Si/c1-30(2,3)37(26-17-9-5-10-18-26,27-19-11-6-12-20-27)36-22-14-13-21-34-28(32)23-31-29(33)35-24-25-15-7-4-8-16-25/h4-20H,21-24H2,1-3H3,(H,31,33)/b14-13-. The maximum atomic E-state index is 12.0. The highest BCUT2D eigenvalue weighted by Gasteiger charge is 2.49. The van der Waals surface area contributed by atoms with E-state index in [2.05, 4.69) is 74.6 Å². The van der Waals surface area contributed by atoms with Crippen LogP contribution in [0.25, 0.3) is 0 Å². The van der Waals surface area contributed by atoms with E-state index in [9.17, 15) is 9.59 Å². The summed E-state index contributed by atoms with van der Waals surface area (Å²) in [5.41, 5.74) is 0.866. The lowest BCUT2D eigenvalue weighted by Gasteiger charge is -2.42. The molecule has 0 radical (unpaired) electrons. The number of benzene rings is 3. The van der Waals surface area contributed by atoms with Crippen molar-refractivity contribution in [2.24, 2.45) is 0 Å². The Labute approximate surface area is 220 Å². The summed E-state index contributed by atoms with van der Waals surface area (Å²) in [5, 5.41) is 4.70. The van der Waals surface area contributed by atoms with Crippen LogP contribution in [0.5, 0.6) is 0 Å². The van der Waals surface area contributed by atoms with Gasteiger partial charge in [-0.2, -0.15) is 0 Å². The van der Waals surface area contributed by atoms with Gasteiger partial charge in [-0.3, -0.25) is 4.79 Å². The van der Waals surface area contributed by atoms with Crippen LogP contribution in [0.3, 0.4) is 0 Å². The predicted molar refractivity (Wildman–Crippen MR) is 148 cm³/mol. The summed E-state index contributed by atoms with van der Waals surface area (Å²) in [6, 6.07) is 30.1. The van der Waals surface area contributed by atoms with Gasteiger partial charge in [0.1, 0.15) is 19.8 Å². The number of nitrogens with one attached hydrogen (secondary N) is 1. The molecule has 3 aromatic rings. The summed E-state index contributed by atoms with van der Waals surface area (Å²) in [5.74, 6) is -0.547. The van der Waals surface area contributed by atoms with Gasteiger partial charge in [-0.25, -0.2) is 4.79 Å². The molecule has 3 aromatic carbocycles. The van der Waals surface area contributed by atoms with Crippen molar-refractivity contribution in [1.82, 2.24) is 5.32 Å². The molecule has 1 N–H and O–H groups in total. The third kappa shape index (κ3) is 7.90.